The quantitative estimate of drug-likeness (QED) is 0.613. The maximum atomic E-state index is 10.8. The van der Waals surface area contributed by atoms with Gasteiger partial charge in [-0.25, -0.2) is 9.78 Å². The number of ether oxygens (including phenoxy) is 2. The van der Waals surface area contributed by atoms with Crippen molar-refractivity contribution < 1.29 is 14.3 Å². The third kappa shape index (κ3) is 2.99. The average molecular weight is 260 g/mol. The number of carbonyl (C=O) groups is 1. The number of carbonyl (C=O) groups excluding carboxylic acids is 1. The van der Waals surface area contributed by atoms with Crippen LogP contribution in [0.1, 0.15) is 5.56 Å². The van der Waals surface area contributed by atoms with Gasteiger partial charge in [0.2, 0.25) is 0 Å². The van der Waals surface area contributed by atoms with Crippen LogP contribution in [0.3, 0.4) is 0 Å². The number of halogens is 1. The molecule has 1 aromatic rings. The van der Waals surface area contributed by atoms with Gasteiger partial charge in [0.15, 0.2) is 6.61 Å². The van der Waals surface area contributed by atoms with Crippen LogP contribution in [0.5, 0.6) is 5.75 Å². The summed E-state index contributed by atoms with van der Waals surface area (Å²) < 4.78 is 10.3. The first kappa shape index (κ1) is 11.0. The number of aromatic nitrogens is 1. The molecule has 0 saturated heterocycles. The molecule has 0 aliphatic rings. The van der Waals surface area contributed by atoms with Crippen LogP contribution < -0.4 is 4.74 Å². The molecule has 1 heterocycles. The summed E-state index contributed by atoms with van der Waals surface area (Å²) in [5, 5.41) is 0. The lowest BCUT2D eigenvalue weighted by Gasteiger charge is -2.07. The molecule has 0 radical (unpaired) electrons. The molecule has 1 rings (SSSR count). The number of aryl methyl sites for hydroxylation is 1. The zero-order chi connectivity index (χ0) is 10.6. The summed E-state index contributed by atoms with van der Waals surface area (Å²) in [6.07, 6.45) is 1.66. The molecule has 5 heteroatoms. The Kier molecular flexibility index (Phi) is 3.88. The van der Waals surface area contributed by atoms with Gasteiger partial charge in [-0.2, -0.15) is 0 Å². The second kappa shape index (κ2) is 4.95. The van der Waals surface area contributed by atoms with Gasteiger partial charge in [0.25, 0.3) is 0 Å². The highest BCUT2D eigenvalue weighted by Gasteiger charge is 2.05. The molecule has 76 valence electrons. The summed E-state index contributed by atoms with van der Waals surface area (Å²) in [5.74, 6) is 0.217. The molecule has 0 atom stereocenters. The summed E-state index contributed by atoms with van der Waals surface area (Å²) in [7, 11) is 1.32. The highest BCUT2D eigenvalue weighted by atomic mass is 79.9. The van der Waals surface area contributed by atoms with Gasteiger partial charge in [0.05, 0.1) is 7.11 Å². The van der Waals surface area contributed by atoms with Crippen LogP contribution in [-0.2, 0) is 9.53 Å². The molecule has 0 aliphatic heterocycles. The first-order valence-electron chi connectivity index (χ1n) is 3.95. The van der Waals surface area contributed by atoms with Crippen molar-refractivity contribution in [1.82, 2.24) is 4.98 Å². The SMILES string of the molecule is COC(=O)COc1cc(Br)ncc1C. The first-order chi connectivity index (χ1) is 6.63. The fraction of sp³-hybridized carbons (Fsp3) is 0.333. The number of methoxy groups -OCH3 is 1. The van der Waals surface area contributed by atoms with Crippen molar-refractivity contribution in [2.24, 2.45) is 0 Å². The molecule has 14 heavy (non-hydrogen) atoms. The van der Waals surface area contributed by atoms with Crippen LogP contribution in [0.2, 0.25) is 0 Å². The van der Waals surface area contributed by atoms with Crippen molar-refractivity contribution in [2.45, 2.75) is 6.92 Å². The second-order valence-corrected chi connectivity index (χ2v) is 3.45. The Balaban J connectivity index is 2.66. The third-order valence-corrected chi connectivity index (χ3v) is 2.03. The largest absolute Gasteiger partial charge is 0.481 e. The van der Waals surface area contributed by atoms with Crippen molar-refractivity contribution in [3.8, 4) is 5.75 Å². The van der Waals surface area contributed by atoms with E-state index in [1.165, 1.54) is 7.11 Å². The lowest BCUT2D eigenvalue weighted by atomic mass is 10.3. The molecular weight excluding hydrogens is 250 g/mol. The van der Waals surface area contributed by atoms with E-state index in [2.05, 4.69) is 25.7 Å². The molecular formula is C9H10BrNO3. The lowest BCUT2D eigenvalue weighted by molar-refractivity contribution is -0.142. The van der Waals surface area contributed by atoms with Gasteiger partial charge >= 0.3 is 5.97 Å². The van der Waals surface area contributed by atoms with Gasteiger partial charge in [0, 0.05) is 17.8 Å². The number of rotatable bonds is 3. The van der Waals surface area contributed by atoms with Gasteiger partial charge in [-0.3, -0.25) is 0 Å². The molecule has 0 aliphatic carbocycles. The summed E-state index contributed by atoms with van der Waals surface area (Å²) in [6.45, 7) is 1.76. The van der Waals surface area contributed by atoms with E-state index in [9.17, 15) is 4.79 Å². The van der Waals surface area contributed by atoms with Crippen molar-refractivity contribution >= 4 is 21.9 Å². The van der Waals surface area contributed by atoms with E-state index in [1.54, 1.807) is 12.3 Å². The molecule has 0 unspecified atom stereocenters. The van der Waals surface area contributed by atoms with E-state index >= 15 is 0 Å². The van der Waals surface area contributed by atoms with Crippen LogP contribution in [0.4, 0.5) is 0 Å². The Labute approximate surface area is 90.4 Å². The standard InChI is InChI=1S/C9H10BrNO3/c1-6-4-11-8(10)3-7(6)14-5-9(12)13-2/h3-4H,5H2,1-2H3. The monoisotopic (exact) mass is 259 g/mol. The zero-order valence-corrected chi connectivity index (χ0v) is 9.50. The Morgan fingerprint density at radius 3 is 3.00 bits per heavy atom. The van der Waals surface area contributed by atoms with Crippen LogP contribution in [-0.4, -0.2) is 24.7 Å². The van der Waals surface area contributed by atoms with Gasteiger partial charge in [-0.05, 0) is 22.9 Å². The summed E-state index contributed by atoms with van der Waals surface area (Å²) >= 11 is 3.21. The Morgan fingerprint density at radius 1 is 1.64 bits per heavy atom. The second-order valence-electron chi connectivity index (χ2n) is 2.64. The summed E-state index contributed by atoms with van der Waals surface area (Å²) in [5.41, 5.74) is 0.872. The van der Waals surface area contributed by atoms with Gasteiger partial charge in [0.1, 0.15) is 10.4 Å². The van der Waals surface area contributed by atoms with E-state index in [1.807, 2.05) is 6.92 Å². The predicted molar refractivity (Wildman–Crippen MR) is 54.2 cm³/mol. The summed E-state index contributed by atoms with van der Waals surface area (Å²) in [6, 6.07) is 1.71. The van der Waals surface area contributed by atoms with E-state index in [0.717, 1.165) is 5.56 Å². The van der Waals surface area contributed by atoms with Crippen LogP contribution in [0.15, 0.2) is 16.9 Å². The topological polar surface area (TPSA) is 48.4 Å². The number of pyridine rings is 1. The molecule has 0 fully saturated rings. The van der Waals surface area contributed by atoms with Crippen LogP contribution >= 0.6 is 15.9 Å². The molecule has 0 saturated carbocycles. The van der Waals surface area contributed by atoms with Crippen LogP contribution in [0.25, 0.3) is 0 Å². The maximum Gasteiger partial charge on any atom is 0.343 e. The minimum Gasteiger partial charge on any atom is -0.481 e. The van der Waals surface area contributed by atoms with E-state index in [-0.39, 0.29) is 6.61 Å². The number of hydrogen-bond acceptors (Lipinski definition) is 4. The van der Waals surface area contributed by atoms with Crippen molar-refractivity contribution in [3.63, 3.8) is 0 Å². The highest BCUT2D eigenvalue weighted by molar-refractivity contribution is 9.10. The third-order valence-electron chi connectivity index (χ3n) is 1.59. The normalized spacial score (nSPS) is 9.64. The van der Waals surface area contributed by atoms with Crippen molar-refractivity contribution in [1.29, 1.82) is 0 Å². The number of nitrogens with zero attached hydrogens (tertiary/aromatic N) is 1. The van der Waals surface area contributed by atoms with Crippen LogP contribution in [0, 0.1) is 6.92 Å². The minimum atomic E-state index is -0.405. The number of esters is 1. The molecule has 0 bridgehead atoms. The summed E-state index contributed by atoms with van der Waals surface area (Å²) in [4.78, 5) is 14.8. The first-order valence-corrected chi connectivity index (χ1v) is 4.74. The highest BCUT2D eigenvalue weighted by Crippen LogP contribution is 2.20. The van der Waals surface area contributed by atoms with Crippen molar-refractivity contribution in [3.05, 3.63) is 22.4 Å². The molecule has 1 aromatic heterocycles. The molecule has 0 N–H and O–H groups in total. The Hall–Kier alpha value is -1.10. The molecule has 0 spiro atoms. The average Bonchev–Trinajstić information content (AvgIpc) is 2.19. The maximum absolute atomic E-state index is 10.8. The number of hydrogen-bond donors (Lipinski definition) is 0. The fourth-order valence-electron chi connectivity index (χ4n) is 0.832. The van der Waals surface area contributed by atoms with E-state index in [4.69, 9.17) is 4.74 Å². The van der Waals surface area contributed by atoms with Gasteiger partial charge in [-0.1, -0.05) is 0 Å². The Bertz CT molecular complexity index is 341. The lowest BCUT2D eigenvalue weighted by Crippen LogP contribution is -2.13. The van der Waals surface area contributed by atoms with Gasteiger partial charge in [-0.15, -0.1) is 0 Å². The minimum absolute atomic E-state index is 0.0895. The fourth-order valence-corrected chi connectivity index (χ4v) is 1.14. The predicted octanol–water partition coefficient (Wildman–Crippen LogP) is 1.70. The van der Waals surface area contributed by atoms with E-state index < -0.39 is 5.97 Å². The van der Waals surface area contributed by atoms with Crippen molar-refractivity contribution in [2.75, 3.05) is 13.7 Å². The van der Waals surface area contributed by atoms with Gasteiger partial charge < -0.3 is 9.47 Å². The molecule has 0 aromatic carbocycles. The zero-order valence-electron chi connectivity index (χ0n) is 7.91. The molecule has 0 amide bonds. The smallest absolute Gasteiger partial charge is 0.343 e. The molecule has 4 nitrogen and oxygen atoms in total. The van der Waals surface area contributed by atoms with E-state index in [0.29, 0.717) is 10.4 Å². The Morgan fingerprint density at radius 2 is 2.36 bits per heavy atom.